The normalized spacial score (nSPS) is 19.1. The molecule has 26 heavy (non-hydrogen) atoms. The van der Waals surface area contributed by atoms with Gasteiger partial charge >= 0.3 is 5.97 Å². The van der Waals surface area contributed by atoms with Gasteiger partial charge in [-0.1, -0.05) is 29.8 Å². The van der Waals surface area contributed by atoms with Gasteiger partial charge in [0.15, 0.2) is 0 Å². The van der Waals surface area contributed by atoms with Crippen LogP contribution in [0.15, 0.2) is 42.5 Å². The van der Waals surface area contributed by atoms with E-state index < -0.39 is 5.97 Å². The summed E-state index contributed by atoms with van der Waals surface area (Å²) in [5, 5.41) is 9.38. The van der Waals surface area contributed by atoms with Gasteiger partial charge in [0.1, 0.15) is 6.04 Å². The number of aryl methyl sites for hydroxylation is 1. The number of nitrogens with zero attached hydrogens (tertiary/aromatic N) is 2. The molecule has 5 heteroatoms. The molecule has 1 N–H and O–H groups in total. The molecule has 2 aromatic carbocycles. The molecule has 2 heterocycles. The quantitative estimate of drug-likeness (QED) is 0.919. The van der Waals surface area contributed by atoms with E-state index in [1.807, 2.05) is 31.2 Å². The Balaban J connectivity index is 1.80. The van der Waals surface area contributed by atoms with Crippen molar-refractivity contribution in [1.82, 2.24) is 0 Å². The zero-order valence-corrected chi connectivity index (χ0v) is 14.8. The largest absolute Gasteiger partial charge is 0.478 e. The second-order valence-electron chi connectivity index (χ2n) is 7.13. The Kier molecular flexibility index (Phi) is 4.15. The number of hydrogen-bond donors (Lipinski definition) is 1. The second kappa shape index (κ2) is 6.48. The van der Waals surface area contributed by atoms with Gasteiger partial charge in [0.05, 0.1) is 23.5 Å². The van der Waals surface area contributed by atoms with Gasteiger partial charge in [-0.15, -0.1) is 0 Å². The van der Waals surface area contributed by atoms with E-state index in [1.54, 1.807) is 17.0 Å². The van der Waals surface area contributed by atoms with Gasteiger partial charge in [-0.05, 0) is 49.9 Å². The van der Waals surface area contributed by atoms with Gasteiger partial charge in [-0.3, -0.25) is 4.79 Å². The average molecular weight is 350 g/mol. The molecule has 0 saturated carbocycles. The predicted octanol–water partition coefficient (Wildman–Crippen LogP) is 3.60. The highest BCUT2D eigenvalue weighted by molar-refractivity contribution is 6.06. The van der Waals surface area contributed by atoms with E-state index in [0.717, 1.165) is 42.6 Å². The minimum absolute atomic E-state index is 0.0706. The fraction of sp³-hybridized carbons (Fsp3) is 0.333. The van der Waals surface area contributed by atoms with Crippen LogP contribution in [0.5, 0.6) is 0 Å². The summed E-state index contributed by atoms with van der Waals surface area (Å²) >= 11 is 0. The molecule has 1 saturated heterocycles. The number of anilines is 2. The first kappa shape index (κ1) is 16.6. The van der Waals surface area contributed by atoms with Crippen LogP contribution in [-0.4, -0.2) is 29.6 Å². The highest BCUT2D eigenvalue weighted by Gasteiger charge is 2.39. The Bertz CT molecular complexity index is 877. The molecule has 2 aromatic rings. The molecule has 2 aliphatic rings. The molecule has 4 rings (SSSR count). The summed E-state index contributed by atoms with van der Waals surface area (Å²) in [6.45, 7) is 3.33. The maximum absolute atomic E-state index is 13.2. The van der Waals surface area contributed by atoms with Gasteiger partial charge in [0.25, 0.3) is 0 Å². The summed E-state index contributed by atoms with van der Waals surface area (Å²) in [6, 6.07) is 13.1. The van der Waals surface area contributed by atoms with Gasteiger partial charge in [-0.2, -0.15) is 0 Å². The van der Waals surface area contributed by atoms with E-state index in [0.29, 0.717) is 12.2 Å². The third-order valence-electron chi connectivity index (χ3n) is 5.30. The minimum atomic E-state index is -0.975. The molecule has 2 aliphatic heterocycles. The Morgan fingerprint density at radius 1 is 1.15 bits per heavy atom. The van der Waals surface area contributed by atoms with E-state index in [4.69, 9.17) is 0 Å². The van der Waals surface area contributed by atoms with Crippen molar-refractivity contribution in [3.8, 4) is 0 Å². The number of carbonyl (C=O) groups excluding carboxylic acids is 1. The van der Waals surface area contributed by atoms with Crippen molar-refractivity contribution < 1.29 is 14.7 Å². The topological polar surface area (TPSA) is 60.9 Å². The number of carboxylic acids is 1. The third kappa shape index (κ3) is 2.83. The van der Waals surface area contributed by atoms with Crippen LogP contribution in [0.4, 0.5) is 11.4 Å². The number of rotatable bonds is 3. The lowest BCUT2D eigenvalue weighted by atomic mass is 9.95. The first-order chi connectivity index (χ1) is 12.5. The Morgan fingerprint density at radius 2 is 2.00 bits per heavy atom. The fourth-order valence-corrected chi connectivity index (χ4v) is 4.05. The predicted molar refractivity (Wildman–Crippen MR) is 101 cm³/mol. The summed E-state index contributed by atoms with van der Waals surface area (Å²) in [6.07, 6.45) is 2.96. The first-order valence-corrected chi connectivity index (χ1v) is 9.05. The highest BCUT2D eigenvalue weighted by atomic mass is 16.4. The van der Waals surface area contributed by atoms with Crippen molar-refractivity contribution in [2.24, 2.45) is 0 Å². The van der Waals surface area contributed by atoms with Crippen molar-refractivity contribution >= 4 is 23.3 Å². The van der Waals surface area contributed by atoms with Crippen LogP contribution in [0.2, 0.25) is 0 Å². The number of aromatic carboxylic acids is 1. The Hall–Kier alpha value is -2.82. The summed E-state index contributed by atoms with van der Waals surface area (Å²) in [5.74, 6) is -0.905. The molecule has 1 fully saturated rings. The van der Waals surface area contributed by atoms with E-state index in [9.17, 15) is 14.7 Å². The molecule has 0 bridgehead atoms. The minimum Gasteiger partial charge on any atom is -0.478 e. The summed E-state index contributed by atoms with van der Waals surface area (Å²) in [7, 11) is 0. The molecule has 0 spiro atoms. The number of carboxylic acid groups (broad SMARTS) is 1. The number of piperidine rings is 1. The lowest BCUT2D eigenvalue weighted by Crippen LogP contribution is -2.55. The summed E-state index contributed by atoms with van der Waals surface area (Å²) in [5.41, 5.74) is 4.07. The van der Waals surface area contributed by atoms with Gasteiger partial charge in [0, 0.05) is 6.54 Å². The first-order valence-electron chi connectivity index (χ1n) is 9.05. The number of carbonyl (C=O) groups is 2. The smallest absolute Gasteiger partial charge is 0.335 e. The van der Waals surface area contributed by atoms with Crippen LogP contribution >= 0.6 is 0 Å². The fourth-order valence-electron chi connectivity index (χ4n) is 4.05. The molecule has 134 valence electrons. The van der Waals surface area contributed by atoms with Crippen LogP contribution in [0, 0.1) is 6.92 Å². The number of fused-ring (bicyclic) bond motifs is 3. The standard InChI is InChI=1S/C21H22N2O3/c1-14-5-4-6-15(11-14)13-23-19-12-16(21(25)26)8-9-17(19)22-10-3-2-7-18(22)20(23)24/h4-6,8-9,11-12,18H,2-3,7,10,13H2,1H3,(H,25,26). The molecule has 5 nitrogen and oxygen atoms in total. The molecular weight excluding hydrogens is 328 g/mol. The molecule has 1 atom stereocenters. The van der Waals surface area contributed by atoms with Crippen molar-refractivity contribution in [3.05, 3.63) is 59.2 Å². The molecule has 1 amide bonds. The van der Waals surface area contributed by atoms with Crippen molar-refractivity contribution in [2.75, 3.05) is 16.3 Å². The van der Waals surface area contributed by atoms with Crippen molar-refractivity contribution in [3.63, 3.8) is 0 Å². The average Bonchev–Trinajstić information content (AvgIpc) is 2.64. The summed E-state index contributed by atoms with van der Waals surface area (Å²) < 4.78 is 0. The summed E-state index contributed by atoms with van der Waals surface area (Å²) in [4.78, 5) is 28.6. The molecular formula is C21H22N2O3. The lowest BCUT2D eigenvalue weighted by Gasteiger charge is -2.45. The molecule has 0 radical (unpaired) electrons. The second-order valence-corrected chi connectivity index (χ2v) is 7.13. The molecule has 0 aliphatic carbocycles. The highest BCUT2D eigenvalue weighted by Crippen LogP contribution is 2.40. The van der Waals surface area contributed by atoms with Crippen LogP contribution in [0.3, 0.4) is 0 Å². The van der Waals surface area contributed by atoms with Crippen LogP contribution < -0.4 is 9.80 Å². The van der Waals surface area contributed by atoms with E-state index in [2.05, 4.69) is 11.0 Å². The SMILES string of the molecule is Cc1cccc(CN2C(=O)C3CCCCN3c3ccc(C(=O)O)cc32)c1. The number of hydrogen-bond acceptors (Lipinski definition) is 3. The van der Waals surface area contributed by atoms with E-state index in [1.165, 1.54) is 0 Å². The monoisotopic (exact) mass is 350 g/mol. The zero-order chi connectivity index (χ0) is 18.3. The third-order valence-corrected chi connectivity index (χ3v) is 5.30. The Morgan fingerprint density at radius 3 is 2.77 bits per heavy atom. The van der Waals surface area contributed by atoms with Crippen LogP contribution in [-0.2, 0) is 11.3 Å². The number of benzene rings is 2. The van der Waals surface area contributed by atoms with Crippen molar-refractivity contribution in [1.29, 1.82) is 0 Å². The molecule has 1 unspecified atom stereocenters. The van der Waals surface area contributed by atoms with Crippen LogP contribution in [0.1, 0.15) is 40.7 Å². The maximum Gasteiger partial charge on any atom is 0.335 e. The van der Waals surface area contributed by atoms with E-state index >= 15 is 0 Å². The Labute approximate surface area is 152 Å². The lowest BCUT2D eigenvalue weighted by molar-refractivity contribution is -0.120. The maximum atomic E-state index is 13.2. The van der Waals surface area contributed by atoms with Gasteiger partial charge in [0.2, 0.25) is 5.91 Å². The van der Waals surface area contributed by atoms with Gasteiger partial charge in [-0.25, -0.2) is 4.79 Å². The van der Waals surface area contributed by atoms with E-state index in [-0.39, 0.29) is 17.5 Å². The van der Waals surface area contributed by atoms with Gasteiger partial charge < -0.3 is 14.9 Å². The zero-order valence-electron chi connectivity index (χ0n) is 14.8. The van der Waals surface area contributed by atoms with Crippen LogP contribution in [0.25, 0.3) is 0 Å². The van der Waals surface area contributed by atoms with Crippen molar-refractivity contribution in [2.45, 2.75) is 38.8 Å². The number of amides is 1. The molecule has 0 aromatic heterocycles.